The van der Waals surface area contributed by atoms with E-state index in [0.717, 1.165) is 34.8 Å². The molecule has 0 amide bonds. The lowest BCUT2D eigenvalue weighted by atomic mass is 9.95. The fourth-order valence-corrected chi connectivity index (χ4v) is 5.60. The average molecular weight is 481 g/mol. The Morgan fingerprint density at radius 2 is 1.85 bits per heavy atom. The molecule has 1 aliphatic carbocycles. The first-order valence-corrected chi connectivity index (χ1v) is 13.4. The number of aromatic nitrogens is 2. The van der Waals surface area contributed by atoms with E-state index >= 15 is 0 Å². The lowest BCUT2D eigenvalue weighted by molar-refractivity contribution is 0.227. The van der Waals surface area contributed by atoms with E-state index in [1.807, 2.05) is 12.1 Å². The van der Waals surface area contributed by atoms with Gasteiger partial charge in [-0.15, -0.1) is 5.10 Å². The van der Waals surface area contributed by atoms with Gasteiger partial charge in [0.25, 0.3) is 0 Å². The number of hydrogen-bond acceptors (Lipinski definition) is 4. The molecule has 2 heterocycles. The molecule has 182 valence electrons. The largest absolute Gasteiger partial charge is 0.476 e. The van der Waals surface area contributed by atoms with Crippen LogP contribution in [-0.4, -0.2) is 46.5 Å². The van der Waals surface area contributed by atoms with E-state index in [1.54, 1.807) is 0 Å². The lowest BCUT2D eigenvalue weighted by Gasteiger charge is -2.23. The predicted octanol–water partition coefficient (Wildman–Crippen LogP) is 6.74. The summed E-state index contributed by atoms with van der Waals surface area (Å²) in [6.07, 6.45) is 10.2. The smallest absolute Gasteiger partial charge is 0.240 e. The molecular weight excluding hydrogens is 444 g/mol. The van der Waals surface area contributed by atoms with Crippen LogP contribution in [0.25, 0.3) is 10.9 Å². The summed E-state index contributed by atoms with van der Waals surface area (Å²) in [5.74, 6) is 0.741. The molecule has 0 radical (unpaired) electrons. The van der Waals surface area contributed by atoms with Gasteiger partial charge in [-0.25, -0.2) is 0 Å². The number of rotatable bonds is 9. The summed E-state index contributed by atoms with van der Waals surface area (Å²) in [5.41, 5.74) is 3.45. The number of nitrogens with one attached hydrogen (secondary N) is 1. The number of hydrogen-bond donors (Lipinski definition) is 1. The predicted molar refractivity (Wildman–Crippen MR) is 141 cm³/mol. The molecule has 1 atom stereocenters. The minimum atomic E-state index is 0.571. The molecule has 6 heteroatoms. The van der Waals surface area contributed by atoms with E-state index in [-0.39, 0.29) is 0 Å². The second-order valence-electron chi connectivity index (χ2n) is 10.0. The van der Waals surface area contributed by atoms with Crippen LogP contribution >= 0.6 is 11.6 Å². The van der Waals surface area contributed by atoms with Crippen molar-refractivity contribution in [1.29, 1.82) is 0 Å². The quantitative estimate of drug-likeness (QED) is 0.344. The first-order valence-electron chi connectivity index (χ1n) is 13.0. The number of fused-ring (bicyclic) bond motifs is 1. The Morgan fingerprint density at radius 1 is 1.03 bits per heavy atom. The molecule has 34 heavy (non-hydrogen) atoms. The summed E-state index contributed by atoms with van der Waals surface area (Å²) in [6, 6.07) is 15.9. The van der Waals surface area contributed by atoms with E-state index in [1.165, 1.54) is 62.7 Å². The van der Waals surface area contributed by atoms with Crippen LogP contribution in [-0.2, 0) is 6.54 Å². The first kappa shape index (κ1) is 23.5. The molecule has 1 unspecified atom stereocenters. The Morgan fingerprint density at radius 3 is 2.62 bits per heavy atom. The highest BCUT2D eigenvalue weighted by atomic mass is 35.5. The topological polar surface area (TPSA) is 42.3 Å². The van der Waals surface area contributed by atoms with Crippen LogP contribution in [0.5, 0.6) is 5.88 Å². The van der Waals surface area contributed by atoms with Crippen molar-refractivity contribution in [3.63, 3.8) is 0 Å². The standard InChI is InChI=1S/C28H37ClN4O/c1-21-7-5-16-32(21)17-6-18-34-28-26-19-25(30-24-8-3-2-4-9-24)14-15-27(26)33(31-28)20-22-10-12-23(29)13-11-22/h10-15,19,21,24,30H,2-9,16-18,20H2,1H3. The maximum Gasteiger partial charge on any atom is 0.240 e. The number of halogens is 1. The second-order valence-corrected chi connectivity index (χ2v) is 10.5. The van der Waals surface area contributed by atoms with Crippen LogP contribution in [0.15, 0.2) is 42.5 Å². The minimum Gasteiger partial charge on any atom is -0.476 e. The zero-order valence-corrected chi connectivity index (χ0v) is 21.1. The summed E-state index contributed by atoms with van der Waals surface area (Å²) >= 11 is 6.09. The van der Waals surface area contributed by atoms with Crippen molar-refractivity contribution in [2.24, 2.45) is 0 Å². The number of ether oxygens (including phenoxy) is 1. The number of nitrogens with zero attached hydrogens (tertiary/aromatic N) is 3. The Labute approximate surface area is 208 Å². The van der Waals surface area contributed by atoms with Crippen LogP contribution in [0, 0.1) is 0 Å². The molecule has 1 saturated carbocycles. The normalized spacial score (nSPS) is 19.6. The maximum atomic E-state index is 6.29. The van der Waals surface area contributed by atoms with Crippen LogP contribution in [0.2, 0.25) is 5.02 Å². The average Bonchev–Trinajstić information content (AvgIpc) is 3.41. The maximum absolute atomic E-state index is 6.29. The summed E-state index contributed by atoms with van der Waals surface area (Å²) in [7, 11) is 0. The van der Waals surface area contributed by atoms with Gasteiger partial charge in [0.05, 0.1) is 24.1 Å². The van der Waals surface area contributed by atoms with Crippen LogP contribution in [0.4, 0.5) is 5.69 Å². The summed E-state index contributed by atoms with van der Waals surface area (Å²) in [6.45, 7) is 6.03. The Balaban J connectivity index is 1.33. The lowest BCUT2D eigenvalue weighted by Crippen LogP contribution is -2.28. The Kier molecular flexibility index (Phi) is 7.60. The van der Waals surface area contributed by atoms with Crippen molar-refractivity contribution in [3.8, 4) is 5.88 Å². The Bertz CT molecular complexity index is 1070. The number of likely N-dealkylation sites (tertiary alicyclic amines) is 1. The highest BCUT2D eigenvalue weighted by Gasteiger charge is 2.20. The third kappa shape index (κ3) is 5.69. The van der Waals surface area contributed by atoms with Gasteiger partial charge in [0, 0.05) is 29.3 Å². The SMILES string of the molecule is CC1CCCN1CCCOc1nn(Cc2ccc(Cl)cc2)c2ccc(NC3CCCCC3)cc12. The summed E-state index contributed by atoms with van der Waals surface area (Å²) in [5, 5.41) is 10.5. The fourth-order valence-electron chi connectivity index (χ4n) is 5.47. The van der Waals surface area contributed by atoms with Gasteiger partial charge in [-0.2, -0.15) is 0 Å². The molecule has 0 bridgehead atoms. The molecule has 5 rings (SSSR count). The second kappa shape index (κ2) is 11.0. The van der Waals surface area contributed by atoms with Crippen LogP contribution < -0.4 is 10.1 Å². The Hall–Kier alpha value is -2.24. The summed E-state index contributed by atoms with van der Waals surface area (Å²) < 4.78 is 8.35. The molecule has 5 nitrogen and oxygen atoms in total. The van der Waals surface area contributed by atoms with Crippen molar-refractivity contribution >= 4 is 28.2 Å². The third-order valence-electron chi connectivity index (χ3n) is 7.46. The first-order chi connectivity index (χ1) is 16.7. The highest BCUT2D eigenvalue weighted by molar-refractivity contribution is 6.30. The third-order valence-corrected chi connectivity index (χ3v) is 7.71. The van der Waals surface area contributed by atoms with Crippen molar-refractivity contribution in [1.82, 2.24) is 14.7 Å². The van der Waals surface area contributed by atoms with E-state index in [2.05, 4.69) is 52.2 Å². The summed E-state index contributed by atoms with van der Waals surface area (Å²) in [4.78, 5) is 2.58. The molecule has 1 aliphatic heterocycles. The fraction of sp³-hybridized carbons (Fsp3) is 0.536. The monoisotopic (exact) mass is 480 g/mol. The van der Waals surface area contributed by atoms with Gasteiger partial charge in [-0.3, -0.25) is 4.68 Å². The number of benzene rings is 2. The molecule has 1 N–H and O–H groups in total. The minimum absolute atomic E-state index is 0.571. The van der Waals surface area contributed by atoms with Crippen molar-refractivity contribution in [3.05, 3.63) is 53.1 Å². The molecule has 2 aliphatic rings. The van der Waals surface area contributed by atoms with E-state index in [9.17, 15) is 0 Å². The van der Waals surface area contributed by atoms with Gasteiger partial charge in [-0.1, -0.05) is 43.0 Å². The van der Waals surface area contributed by atoms with Gasteiger partial charge in [-0.05, 0) is 81.5 Å². The molecule has 2 fully saturated rings. The van der Waals surface area contributed by atoms with Crippen LogP contribution in [0.3, 0.4) is 0 Å². The zero-order valence-electron chi connectivity index (χ0n) is 20.3. The molecule has 1 aromatic heterocycles. The van der Waals surface area contributed by atoms with Gasteiger partial charge < -0.3 is 15.0 Å². The van der Waals surface area contributed by atoms with Gasteiger partial charge in [0.15, 0.2) is 0 Å². The van der Waals surface area contributed by atoms with Crippen molar-refractivity contribution < 1.29 is 4.74 Å². The van der Waals surface area contributed by atoms with Gasteiger partial charge in [0.1, 0.15) is 0 Å². The molecular formula is C28H37ClN4O. The number of anilines is 1. The molecule has 2 aromatic carbocycles. The van der Waals surface area contributed by atoms with Gasteiger partial charge >= 0.3 is 0 Å². The van der Waals surface area contributed by atoms with Gasteiger partial charge in [0.2, 0.25) is 5.88 Å². The van der Waals surface area contributed by atoms with Crippen LogP contribution in [0.1, 0.15) is 63.9 Å². The van der Waals surface area contributed by atoms with E-state index in [4.69, 9.17) is 21.4 Å². The highest BCUT2D eigenvalue weighted by Crippen LogP contribution is 2.30. The van der Waals surface area contributed by atoms with E-state index < -0.39 is 0 Å². The van der Waals surface area contributed by atoms with Crippen molar-refractivity contribution in [2.75, 3.05) is 25.0 Å². The molecule has 1 saturated heterocycles. The zero-order chi connectivity index (χ0) is 23.3. The molecule has 0 spiro atoms. The van der Waals surface area contributed by atoms with Crippen molar-refractivity contribution in [2.45, 2.75) is 76.9 Å². The van der Waals surface area contributed by atoms with E-state index in [0.29, 0.717) is 25.2 Å². The molecule has 3 aromatic rings.